The molecule has 0 saturated carbocycles. The third kappa shape index (κ3) is 3.36. The molecule has 0 aliphatic rings. The lowest BCUT2D eigenvalue weighted by Gasteiger charge is -2.20. The summed E-state index contributed by atoms with van der Waals surface area (Å²) in [5, 5.41) is 3.50. The number of nitrogens with zero attached hydrogens (tertiary/aromatic N) is 1. The summed E-state index contributed by atoms with van der Waals surface area (Å²) in [7, 11) is 0. The molecule has 2 rings (SSSR count). The Bertz CT molecular complexity index is 537. The summed E-state index contributed by atoms with van der Waals surface area (Å²) in [6.07, 6.45) is 1.85. The van der Waals surface area contributed by atoms with E-state index in [4.69, 9.17) is 4.74 Å². The number of benzene rings is 1. The maximum atomic E-state index is 5.49. The predicted octanol–water partition coefficient (Wildman–Crippen LogP) is 3.49. The van der Waals surface area contributed by atoms with Crippen LogP contribution >= 0.6 is 0 Å². The van der Waals surface area contributed by atoms with E-state index in [1.807, 2.05) is 31.3 Å². The number of aromatic nitrogens is 1. The van der Waals surface area contributed by atoms with Gasteiger partial charge in [-0.25, -0.2) is 0 Å². The summed E-state index contributed by atoms with van der Waals surface area (Å²) < 4.78 is 5.49. The lowest BCUT2D eigenvalue weighted by Crippen LogP contribution is -2.23. The van der Waals surface area contributed by atoms with Gasteiger partial charge in [-0.1, -0.05) is 25.1 Å². The molecule has 0 aliphatic heterocycles. The zero-order valence-corrected chi connectivity index (χ0v) is 12.4. The Morgan fingerprint density at radius 3 is 2.50 bits per heavy atom. The minimum absolute atomic E-state index is 0.122. The Morgan fingerprint density at radius 2 is 1.90 bits per heavy atom. The van der Waals surface area contributed by atoms with E-state index in [2.05, 4.69) is 42.3 Å². The first-order valence-electron chi connectivity index (χ1n) is 7.14. The van der Waals surface area contributed by atoms with Crippen LogP contribution in [0.15, 0.2) is 42.6 Å². The lowest BCUT2D eigenvalue weighted by atomic mass is 10.00. The highest BCUT2D eigenvalue weighted by atomic mass is 16.5. The normalized spacial score (nSPS) is 12.2. The third-order valence-electron chi connectivity index (χ3n) is 3.26. The first kappa shape index (κ1) is 14.5. The summed E-state index contributed by atoms with van der Waals surface area (Å²) in [5.74, 6) is 0.907. The molecular weight excluding hydrogens is 248 g/mol. The minimum atomic E-state index is 0.122. The molecule has 1 unspecified atom stereocenters. The van der Waals surface area contributed by atoms with Crippen LogP contribution < -0.4 is 10.1 Å². The van der Waals surface area contributed by atoms with Crippen LogP contribution in [-0.2, 0) is 0 Å². The van der Waals surface area contributed by atoms with E-state index in [-0.39, 0.29) is 6.04 Å². The van der Waals surface area contributed by atoms with E-state index in [0.29, 0.717) is 6.61 Å². The molecule has 1 N–H and O–H groups in total. The molecule has 1 atom stereocenters. The van der Waals surface area contributed by atoms with Gasteiger partial charge in [0.1, 0.15) is 5.75 Å². The van der Waals surface area contributed by atoms with Gasteiger partial charge in [-0.3, -0.25) is 4.98 Å². The second-order valence-corrected chi connectivity index (χ2v) is 4.70. The highest BCUT2D eigenvalue weighted by Crippen LogP contribution is 2.24. The second-order valence-electron chi connectivity index (χ2n) is 4.70. The van der Waals surface area contributed by atoms with Crippen LogP contribution in [0, 0.1) is 6.92 Å². The van der Waals surface area contributed by atoms with Gasteiger partial charge in [0.05, 0.1) is 18.3 Å². The van der Waals surface area contributed by atoms with Crippen molar-refractivity contribution < 1.29 is 4.74 Å². The minimum Gasteiger partial charge on any atom is -0.494 e. The number of pyridine rings is 1. The van der Waals surface area contributed by atoms with Crippen molar-refractivity contribution in [1.82, 2.24) is 10.3 Å². The quantitative estimate of drug-likeness (QED) is 0.872. The molecule has 0 saturated heterocycles. The van der Waals surface area contributed by atoms with Crippen LogP contribution in [0.1, 0.15) is 36.7 Å². The van der Waals surface area contributed by atoms with Crippen molar-refractivity contribution in [2.45, 2.75) is 26.8 Å². The molecule has 0 spiro atoms. The number of aryl methyl sites for hydroxylation is 1. The molecule has 3 nitrogen and oxygen atoms in total. The van der Waals surface area contributed by atoms with Gasteiger partial charge in [0, 0.05) is 6.20 Å². The molecule has 0 bridgehead atoms. The predicted molar refractivity (Wildman–Crippen MR) is 82.1 cm³/mol. The monoisotopic (exact) mass is 270 g/mol. The molecule has 1 heterocycles. The molecular formula is C17H22N2O. The van der Waals surface area contributed by atoms with Crippen LogP contribution in [0.25, 0.3) is 0 Å². The molecule has 0 radical (unpaired) electrons. The SMILES string of the molecule is CCNC(c1ccc(OCC)cc1)c1ncccc1C. The highest BCUT2D eigenvalue weighted by Gasteiger charge is 2.16. The standard InChI is InChI=1S/C17H22N2O/c1-4-18-17(16-13(3)7-6-12-19-16)14-8-10-15(11-9-14)20-5-2/h6-12,17-18H,4-5H2,1-3H3. The Morgan fingerprint density at radius 1 is 1.15 bits per heavy atom. The summed E-state index contributed by atoms with van der Waals surface area (Å²) >= 11 is 0. The van der Waals surface area contributed by atoms with Gasteiger partial charge in [0.15, 0.2) is 0 Å². The maximum Gasteiger partial charge on any atom is 0.119 e. The maximum absolute atomic E-state index is 5.49. The fourth-order valence-electron chi connectivity index (χ4n) is 2.30. The van der Waals surface area contributed by atoms with Gasteiger partial charge in [-0.15, -0.1) is 0 Å². The van der Waals surface area contributed by atoms with Gasteiger partial charge in [-0.05, 0) is 49.7 Å². The molecule has 1 aromatic heterocycles. The smallest absolute Gasteiger partial charge is 0.119 e. The van der Waals surface area contributed by atoms with E-state index >= 15 is 0 Å². The summed E-state index contributed by atoms with van der Waals surface area (Å²) in [6, 6.07) is 12.4. The van der Waals surface area contributed by atoms with E-state index in [0.717, 1.165) is 18.0 Å². The van der Waals surface area contributed by atoms with Gasteiger partial charge in [0.2, 0.25) is 0 Å². The Hall–Kier alpha value is -1.87. The van der Waals surface area contributed by atoms with Crippen LogP contribution in [0.5, 0.6) is 5.75 Å². The number of rotatable bonds is 6. The zero-order valence-electron chi connectivity index (χ0n) is 12.4. The number of hydrogen-bond acceptors (Lipinski definition) is 3. The van der Waals surface area contributed by atoms with Crippen LogP contribution in [-0.4, -0.2) is 18.1 Å². The van der Waals surface area contributed by atoms with E-state index in [9.17, 15) is 0 Å². The van der Waals surface area contributed by atoms with Crippen molar-refractivity contribution in [3.63, 3.8) is 0 Å². The topological polar surface area (TPSA) is 34.1 Å². The fourth-order valence-corrected chi connectivity index (χ4v) is 2.30. The Balaban J connectivity index is 2.31. The third-order valence-corrected chi connectivity index (χ3v) is 3.26. The average molecular weight is 270 g/mol. The van der Waals surface area contributed by atoms with Crippen LogP contribution in [0.4, 0.5) is 0 Å². The van der Waals surface area contributed by atoms with Gasteiger partial charge in [0.25, 0.3) is 0 Å². The van der Waals surface area contributed by atoms with Crippen LogP contribution in [0.2, 0.25) is 0 Å². The average Bonchev–Trinajstić information content (AvgIpc) is 2.47. The van der Waals surface area contributed by atoms with Crippen molar-refractivity contribution in [2.24, 2.45) is 0 Å². The molecule has 0 amide bonds. The molecule has 106 valence electrons. The van der Waals surface area contributed by atoms with Gasteiger partial charge in [-0.2, -0.15) is 0 Å². The fraction of sp³-hybridized carbons (Fsp3) is 0.353. The second kappa shape index (κ2) is 7.06. The van der Waals surface area contributed by atoms with E-state index in [1.165, 1.54) is 11.1 Å². The van der Waals surface area contributed by atoms with Gasteiger partial charge < -0.3 is 10.1 Å². The zero-order chi connectivity index (χ0) is 14.4. The first-order valence-corrected chi connectivity index (χ1v) is 7.14. The van der Waals surface area contributed by atoms with Crippen LogP contribution in [0.3, 0.4) is 0 Å². The molecule has 1 aromatic carbocycles. The summed E-state index contributed by atoms with van der Waals surface area (Å²) in [6.45, 7) is 7.79. The van der Waals surface area contributed by atoms with E-state index < -0.39 is 0 Å². The van der Waals surface area contributed by atoms with Gasteiger partial charge >= 0.3 is 0 Å². The van der Waals surface area contributed by atoms with Crippen molar-refractivity contribution in [3.8, 4) is 5.75 Å². The van der Waals surface area contributed by atoms with Crippen molar-refractivity contribution in [1.29, 1.82) is 0 Å². The largest absolute Gasteiger partial charge is 0.494 e. The first-order chi connectivity index (χ1) is 9.76. The summed E-state index contributed by atoms with van der Waals surface area (Å²) in [5.41, 5.74) is 3.49. The summed E-state index contributed by atoms with van der Waals surface area (Å²) in [4.78, 5) is 4.54. The Kier molecular flexibility index (Phi) is 5.13. The molecule has 0 aliphatic carbocycles. The molecule has 0 fully saturated rings. The number of ether oxygens (including phenoxy) is 1. The Labute approximate surface area is 121 Å². The lowest BCUT2D eigenvalue weighted by molar-refractivity contribution is 0.340. The molecule has 3 heteroatoms. The highest BCUT2D eigenvalue weighted by molar-refractivity contribution is 5.35. The van der Waals surface area contributed by atoms with Crippen molar-refractivity contribution in [2.75, 3.05) is 13.2 Å². The van der Waals surface area contributed by atoms with Crippen molar-refractivity contribution >= 4 is 0 Å². The van der Waals surface area contributed by atoms with E-state index in [1.54, 1.807) is 0 Å². The molecule has 20 heavy (non-hydrogen) atoms. The van der Waals surface area contributed by atoms with Crippen molar-refractivity contribution in [3.05, 3.63) is 59.4 Å². The number of nitrogens with one attached hydrogen (secondary N) is 1. The number of hydrogen-bond donors (Lipinski definition) is 1. The molecule has 2 aromatic rings.